The molecule has 4 rings (SSSR count). The predicted octanol–water partition coefficient (Wildman–Crippen LogP) is 5.02. The fourth-order valence-electron chi connectivity index (χ4n) is 3.74. The Kier molecular flexibility index (Phi) is 5.20. The number of benzene rings is 2. The highest BCUT2D eigenvalue weighted by atomic mass is 32.1. The number of rotatable bonds is 6. The van der Waals surface area contributed by atoms with Crippen LogP contribution in [-0.4, -0.2) is 20.7 Å². The molecule has 5 nitrogen and oxygen atoms in total. The lowest BCUT2D eigenvalue weighted by molar-refractivity contribution is -0.125. The van der Waals surface area contributed by atoms with Crippen molar-refractivity contribution in [2.75, 3.05) is 5.32 Å². The number of amides is 1. The molecule has 4 aromatic rings. The lowest BCUT2D eigenvalue weighted by Crippen LogP contribution is -2.37. The van der Waals surface area contributed by atoms with Gasteiger partial charge in [-0.1, -0.05) is 50.2 Å². The van der Waals surface area contributed by atoms with E-state index < -0.39 is 5.41 Å². The molecule has 0 spiro atoms. The van der Waals surface area contributed by atoms with Gasteiger partial charge in [0.25, 0.3) is 0 Å². The van der Waals surface area contributed by atoms with Gasteiger partial charge in [-0.15, -0.1) is 11.3 Å². The van der Waals surface area contributed by atoms with Crippen LogP contribution < -0.4 is 5.32 Å². The van der Waals surface area contributed by atoms with Crippen molar-refractivity contribution in [2.24, 2.45) is 12.5 Å². The van der Waals surface area contributed by atoms with Crippen LogP contribution in [0.5, 0.6) is 0 Å². The number of carbonyl (C=O) groups excluding carboxylic acids is 1. The third-order valence-electron chi connectivity index (χ3n) is 5.56. The Labute approximate surface area is 174 Å². The number of fused-ring (bicyclic) bond motifs is 1. The Morgan fingerprint density at radius 2 is 2.00 bits per heavy atom. The zero-order valence-corrected chi connectivity index (χ0v) is 17.6. The van der Waals surface area contributed by atoms with Crippen LogP contribution >= 0.6 is 11.3 Å². The van der Waals surface area contributed by atoms with Crippen molar-refractivity contribution in [3.8, 4) is 0 Å². The van der Waals surface area contributed by atoms with Crippen LogP contribution in [0.4, 0.5) is 5.13 Å². The minimum absolute atomic E-state index is 0.00512. The van der Waals surface area contributed by atoms with Gasteiger partial charge in [-0.2, -0.15) is 5.10 Å². The van der Waals surface area contributed by atoms with Crippen LogP contribution in [0.3, 0.4) is 0 Å². The van der Waals surface area contributed by atoms with Gasteiger partial charge in [0.1, 0.15) is 0 Å². The van der Waals surface area contributed by atoms with E-state index in [-0.39, 0.29) is 11.8 Å². The maximum atomic E-state index is 13.2. The van der Waals surface area contributed by atoms with Gasteiger partial charge in [0.05, 0.1) is 17.1 Å². The maximum Gasteiger partial charge on any atom is 0.232 e. The van der Waals surface area contributed by atoms with E-state index in [0.717, 1.165) is 22.9 Å². The second kappa shape index (κ2) is 7.79. The minimum Gasteiger partial charge on any atom is -0.301 e. The maximum absolute atomic E-state index is 13.2. The van der Waals surface area contributed by atoms with Gasteiger partial charge in [0.2, 0.25) is 5.91 Å². The molecule has 29 heavy (non-hydrogen) atoms. The number of carbonyl (C=O) groups is 1. The quantitative estimate of drug-likeness (QED) is 0.491. The fraction of sp³-hybridized carbons (Fsp3) is 0.261. The zero-order chi connectivity index (χ0) is 20.4. The molecule has 0 aliphatic heterocycles. The molecular formula is C23H24N4OS. The highest BCUT2D eigenvalue weighted by Gasteiger charge is 2.38. The summed E-state index contributed by atoms with van der Waals surface area (Å²) in [6, 6.07) is 16.7. The predicted molar refractivity (Wildman–Crippen MR) is 118 cm³/mol. The van der Waals surface area contributed by atoms with Crippen LogP contribution in [0.1, 0.15) is 30.9 Å². The largest absolute Gasteiger partial charge is 0.301 e. The Morgan fingerprint density at radius 3 is 2.72 bits per heavy atom. The van der Waals surface area contributed by atoms with E-state index in [2.05, 4.69) is 45.7 Å². The Balaban J connectivity index is 1.72. The average Bonchev–Trinajstić information content (AvgIpc) is 3.36. The smallest absolute Gasteiger partial charge is 0.232 e. The number of aromatic nitrogens is 3. The summed E-state index contributed by atoms with van der Waals surface area (Å²) in [6.45, 7) is 4.02. The third kappa shape index (κ3) is 3.93. The normalized spacial score (nSPS) is 12.8. The second-order valence-electron chi connectivity index (χ2n) is 7.84. The summed E-state index contributed by atoms with van der Waals surface area (Å²) in [5, 5.41) is 10.9. The van der Waals surface area contributed by atoms with E-state index in [0.29, 0.717) is 5.13 Å². The standard InChI is InChI=1S/C23H24N4OS/c1-23(2,21(28)26-22-24-11-12-29-22)19(13-16-7-5-4-6-8-16)17-9-10-20-18(14-17)15-25-27(20)3/h4-12,14-15,19H,13H2,1-3H3,(H,24,26,28). The number of hydrogen-bond acceptors (Lipinski definition) is 4. The van der Waals surface area contributed by atoms with Crippen LogP contribution in [0.25, 0.3) is 10.9 Å². The molecule has 0 aliphatic rings. The number of aryl methyl sites for hydroxylation is 1. The molecule has 0 fully saturated rings. The molecule has 0 radical (unpaired) electrons. The zero-order valence-electron chi connectivity index (χ0n) is 16.8. The SMILES string of the molecule is Cn1ncc2cc(C(Cc3ccccc3)C(C)(C)C(=O)Nc3nccs3)ccc21. The van der Waals surface area contributed by atoms with Crippen molar-refractivity contribution in [2.45, 2.75) is 26.2 Å². The number of anilines is 1. The Morgan fingerprint density at radius 1 is 1.21 bits per heavy atom. The lowest BCUT2D eigenvalue weighted by atomic mass is 9.71. The molecule has 0 aliphatic carbocycles. The molecule has 148 valence electrons. The Hall–Kier alpha value is -2.99. The average molecular weight is 405 g/mol. The van der Waals surface area contributed by atoms with Gasteiger partial charge in [-0.05, 0) is 29.7 Å². The van der Waals surface area contributed by atoms with Gasteiger partial charge < -0.3 is 5.32 Å². The van der Waals surface area contributed by atoms with E-state index in [9.17, 15) is 4.79 Å². The molecule has 2 heterocycles. The molecular weight excluding hydrogens is 380 g/mol. The molecule has 0 saturated carbocycles. The van der Waals surface area contributed by atoms with Gasteiger partial charge >= 0.3 is 0 Å². The van der Waals surface area contributed by atoms with Crippen molar-refractivity contribution >= 4 is 33.3 Å². The van der Waals surface area contributed by atoms with E-state index in [1.165, 1.54) is 16.9 Å². The minimum atomic E-state index is -0.641. The Bertz CT molecular complexity index is 1120. The fourth-order valence-corrected chi connectivity index (χ4v) is 4.26. The first-order valence-electron chi connectivity index (χ1n) is 9.61. The summed E-state index contributed by atoms with van der Waals surface area (Å²) in [6.07, 6.45) is 4.34. The summed E-state index contributed by atoms with van der Waals surface area (Å²) in [7, 11) is 1.94. The summed E-state index contributed by atoms with van der Waals surface area (Å²) >= 11 is 1.43. The second-order valence-corrected chi connectivity index (χ2v) is 8.74. The van der Waals surface area contributed by atoms with Crippen LogP contribution in [0, 0.1) is 5.41 Å². The summed E-state index contributed by atoms with van der Waals surface area (Å²) in [4.78, 5) is 17.4. The number of thiazole rings is 1. The number of hydrogen-bond donors (Lipinski definition) is 1. The summed E-state index contributed by atoms with van der Waals surface area (Å²) in [5.74, 6) is -0.0332. The number of nitrogens with zero attached hydrogens (tertiary/aromatic N) is 3. The van der Waals surface area contributed by atoms with Crippen LogP contribution in [0.2, 0.25) is 0 Å². The van der Waals surface area contributed by atoms with Crippen LogP contribution in [0.15, 0.2) is 66.3 Å². The van der Waals surface area contributed by atoms with Crippen molar-refractivity contribution in [3.63, 3.8) is 0 Å². The highest BCUT2D eigenvalue weighted by molar-refractivity contribution is 7.13. The van der Waals surface area contributed by atoms with Crippen molar-refractivity contribution in [3.05, 3.63) is 77.4 Å². The molecule has 1 atom stereocenters. The van der Waals surface area contributed by atoms with E-state index in [4.69, 9.17) is 0 Å². The topological polar surface area (TPSA) is 59.8 Å². The van der Waals surface area contributed by atoms with E-state index in [1.54, 1.807) is 6.20 Å². The van der Waals surface area contributed by atoms with Crippen LogP contribution in [-0.2, 0) is 18.3 Å². The third-order valence-corrected chi connectivity index (χ3v) is 6.25. The van der Waals surface area contributed by atoms with E-state index in [1.807, 2.05) is 55.4 Å². The lowest BCUT2D eigenvalue weighted by Gasteiger charge is -2.33. The number of nitrogens with one attached hydrogen (secondary N) is 1. The molecule has 0 saturated heterocycles. The molecule has 1 N–H and O–H groups in total. The van der Waals surface area contributed by atoms with Gasteiger partial charge in [-0.3, -0.25) is 9.48 Å². The first-order chi connectivity index (χ1) is 13.9. The summed E-state index contributed by atoms with van der Waals surface area (Å²) < 4.78 is 1.87. The van der Waals surface area contributed by atoms with Gasteiger partial charge in [0.15, 0.2) is 5.13 Å². The van der Waals surface area contributed by atoms with Crippen molar-refractivity contribution in [1.82, 2.24) is 14.8 Å². The molecule has 6 heteroatoms. The summed E-state index contributed by atoms with van der Waals surface area (Å²) in [5.41, 5.74) is 2.78. The molecule has 1 amide bonds. The monoisotopic (exact) mass is 404 g/mol. The molecule has 1 unspecified atom stereocenters. The highest BCUT2D eigenvalue weighted by Crippen LogP contribution is 2.40. The van der Waals surface area contributed by atoms with Gasteiger partial charge in [0, 0.05) is 29.9 Å². The van der Waals surface area contributed by atoms with E-state index >= 15 is 0 Å². The molecule has 0 bridgehead atoms. The first-order valence-corrected chi connectivity index (χ1v) is 10.5. The van der Waals surface area contributed by atoms with Gasteiger partial charge in [-0.25, -0.2) is 4.98 Å². The molecule has 2 aromatic carbocycles. The first kappa shape index (κ1) is 19.3. The van der Waals surface area contributed by atoms with Crippen molar-refractivity contribution in [1.29, 1.82) is 0 Å². The van der Waals surface area contributed by atoms with Crippen molar-refractivity contribution < 1.29 is 4.79 Å². The molecule has 2 aromatic heterocycles.